The van der Waals surface area contributed by atoms with E-state index in [1.807, 2.05) is 37.3 Å². The number of hydrogen-bond donors (Lipinski definition) is 0. The van der Waals surface area contributed by atoms with Crippen molar-refractivity contribution in [3.8, 4) is 0 Å². The molecular weight excluding hydrogens is 332 g/mol. The first-order chi connectivity index (χ1) is 12.1. The third kappa shape index (κ3) is 4.71. The molecule has 0 N–H and O–H groups in total. The average Bonchev–Trinajstić information content (AvgIpc) is 2.56. The quantitative estimate of drug-likeness (QED) is 0.607. The highest BCUT2D eigenvalue weighted by Gasteiger charge is 2.48. The number of methoxy groups -OCH3 is 1. The van der Waals surface area contributed by atoms with Gasteiger partial charge < -0.3 is 9.47 Å². The lowest BCUT2D eigenvalue weighted by Gasteiger charge is -2.40. The molecule has 5 nitrogen and oxygen atoms in total. The molecule has 1 fully saturated rings. The third-order valence-corrected chi connectivity index (χ3v) is 5.02. The minimum absolute atomic E-state index is 0.0245. The molecule has 0 amide bonds. The third-order valence-electron chi connectivity index (χ3n) is 5.02. The summed E-state index contributed by atoms with van der Waals surface area (Å²) in [6.45, 7) is 7.30. The number of benzene rings is 1. The monoisotopic (exact) mass is 360 g/mol. The Morgan fingerprint density at radius 3 is 2.31 bits per heavy atom. The van der Waals surface area contributed by atoms with E-state index in [4.69, 9.17) is 9.47 Å². The molecule has 0 heterocycles. The van der Waals surface area contributed by atoms with Crippen molar-refractivity contribution in [2.45, 2.75) is 52.1 Å². The van der Waals surface area contributed by atoms with E-state index in [1.165, 1.54) is 7.11 Å². The van der Waals surface area contributed by atoms with E-state index in [0.29, 0.717) is 0 Å². The molecular formula is C21H28O5. The maximum absolute atomic E-state index is 12.9. The summed E-state index contributed by atoms with van der Waals surface area (Å²) in [5, 5.41) is 0. The fourth-order valence-electron chi connectivity index (χ4n) is 3.74. The molecule has 1 aliphatic rings. The predicted octanol–water partition coefficient (Wildman–Crippen LogP) is 3.52. The maximum Gasteiger partial charge on any atom is 0.317 e. The summed E-state index contributed by atoms with van der Waals surface area (Å²) in [4.78, 5) is 37.5. The average molecular weight is 360 g/mol. The largest absolute Gasteiger partial charge is 0.469 e. The molecule has 0 aliphatic heterocycles. The molecule has 0 spiro atoms. The lowest BCUT2D eigenvalue weighted by Crippen LogP contribution is -2.45. The normalized spacial score (nSPS) is 26.3. The highest BCUT2D eigenvalue weighted by atomic mass is 16.6. The Labute approximate surface area is 155 Å². The van der Waals surface area contributed by atoms with E-state index >= 15 is 0 Å². The van der Waals surface area contributed by atoms with E-state index in [9.17, 15) is 14.4 Å². The fraction of sp³-hybridized carbons (Fsp3) is 0.571. The topological polar surface area (TPSA) is 69.7 Å². The number of hydrogen-bond acceptors (Lipinski definition) is 5. The minimum atomic E-state index is -0.928. The summed E-state index contributed by atoms with van der Waals surface area (Å²) >= 11 is 0. The number of carbonyl (C=O) groups excluding carboxylic acids is 3. The first kappa shape index (κ1) is 20.1. The van der Waals surface area contributed by atoms with Crippen molar-refractivity contribution in [1.82, 2.24) is 0 Å². The van der Waals surface area contributed by atoms with Gasteiger partial charge in [-0.2, -0.15) is 0 Å². The van der Waals surface area contributed by atoms with Crippen LogP contribution < -0.4 is 0 Å². The van der Waals surface area contributed by atoms with Gasteiger partial charge in [0, 0.05) is 12.8 Å². The molecule has 1 aromatic rings. The standard InChI is InChI=1S/C21H28O5/c1-13-15(14-9-7-6-8-10-14)11-17(22)19(16(13)12-18(23)25-5)20(24)26-21(2,3)4/h6-10,13,15-16,19H,11-12H2,1-5H3/t13-,15-,16-,19?/m1/s1. The molecule has 0 radical (unpaired) electrons. The Hall–Kier alpha value is -2.17. The van der Waals surface area contributed by atoms with Gasteiger partial charge >= 0.3 is 11.9 Å². The SMILES string of the molecule is COC(=O)C[C@H]1C(C(=O)OC(C)(C)C)C(=O)C[C@@H](c2ccccc2)[C@H]1C. The van der Waals surface area contributed by atoms with Crippen LogP contribution in [0.2, 0.25) is 0 Å². The van der Waals surface area contributed by atoms with Crippen molar-refractivity contribution in [3.05, 3.63) is 35.9 Å². The Morgan fingerprint density at radius 1 is 1.15 bits per heavy atom. The predicted molar refractivity (Wildman–Crippen MR) is 97.4 cm³/mol. The second-order valence-electron chi connectivity index (χ2n) is 8.00. The van der Waals surface area contributed by atoms with E-state index < -0.39 is 29.4 Å². The van der Waals surface area contributed by atoms with Gasteiger partial charge in [-0.05, 0) is 44.1 Å². The molecule has 0 aromatic heterocycles. The zero-order chi connectivity index (χ0) is 19.5. The first-order valence-corrected chi connectivity index (χ1v) is 9.01. The van der Waals surface area contributed by atoms with Crippen molar-refractivity contribution < 1.29 is 23.9 Å². The summed E-state index contributed by atoms with van der Waals surface area (Å²) < 4.78 is 10.3. The molecule has 5 heteroatoms. The zero-order valence-electron chi connectivity index (χ0n) is 16.2. The summed E-state index contributed by atoms with van der Waals surface area (Å²) in [5.41, 5.74) is 0.359. The molecule has 0 saturated heterocycles. The number of Topliss-reactive ketones (excluding diaryl/α,β-unsaturated/α-hetero) is 1. The molecule has 1 unspecified atom stereocenters. The van der Waals surface area contributed by atoms with Crippen LogP contribution in [-0.2, 0) is 23.9 Å². The summed E-state index contributed by atoms with van der Waals surface area (Å²) in [6.07, 6.45) is 0.295. The Balaban J connectivity index is 2.34. The van der Waals surface area contributed by atoms with Crippen LogP contribution in [0.4, 0.5) is 0 Å². The second kappa shape index (κ2) is 8.02. The van der Waals surface area contributed by atoms with Crippen LogP contribution >= 0.6 is 0 Å². The highest BCUT2D eigenvalue weighted by molar-refractivity contribution is 6.01. The number of carbonyl (C=O) groups is 3. The van der Waals surface area contributed by atoms with Gasteiger partial charge in [-0.3, -0.25) is 14.4 Å². The molecule has 142 valence electrons. The lowest BCUT2D eigenvalue weighted by molar-refractivity contribution is -0.168. The Morgan fingerprint density at radius 2 is 1.77 bits per heavy atom. The summed E-state index contributed by atoms with van der Waals surface area (Å²) in [6, 6.07) is 9.76. The van der Waals surface area contributed by atoms with Crippen LogP contribution in [0.5, 0.6) is 0 Å². The molecule has 4 atom stereocenters. The lowest BCUT2D eigenvalue weighted by atomic mass is 9.63. The first-order valence-electron chi connectivity index (χ1n) is 9.01. The highest BCUT2D eigenvalue weighted by Crippen LogP contribution is 2.44. The molecule has 26 heavy (non-hydrogen) atoms. The van der Waals surface area contributed by atoms with Crippen LogP contribution in [0.25, 0.3) is 0 Å². The van der Waals surface area contributed by atoms with Crippen molar-refractivity contribution in [1.29, 1.82) is 0 Å². The maximum atomic E-state index is 12.9. The van der Waals surface area contributed by atoms with E-state index in [1.54, 1.807) is 20.8 Å². The zero-order valence-corrected chi connectivity index (χ0v) is 16.2. The van der Waals surface area contributed by atoms with Gasteiger partial charge in [0.05, 0.1) is 7.11 Å². The van der Waals surface area contributed by atoms with Crippen molar-refractivity contribution in [3.63, 3.8) is 0 Å². The smallest absolute Gasteiger partial charge is 0.317 e. The van der Waals surface area contributed by atoms with E-state index in [0.717, 1.165) is 5.56 Å². The van der Waals surface area contributed by atoms with E-state index in [-0.39, 0.29) is 30.5 Å². The number of rotatable bonds is 4. The van der Waals surface area contributed by atoms with Crippen molar-refractivity contribution in [2.75, 3.05) is 7.11 Å². The molecule has 1 aromatic carbocycles. The van der Waals surface area contributed by atoms with Crippen molar-refractivity contribution in [2.24, 2.45) is 17.8 Å². The molecule has 2 rings (SSSR count). The van der Waals surface area contributed by atoms with E-state index in [2.05, 4.69) is 0 Å². The van der Waals surface area contributed by atoms with Gasteiger partial charge in [-0.15, -0.1) is 0 Å². The molecule has 0 bridgehead atoms. The Bertz CT molecular complexity index is 659. The van der Waals surface area contributed by atoms with Crippen LogP contribution in [0.15, 0.2) is 30.3 Å². The van der Waals surface area contributed by atoms with Crippen LogP contribution in [0.1, 0.15) is 52.0 Å². The van der Waals surface area contributed by atoms with Gasteiger partial charge in [0.25, 0.3) is 0 Å². The summed E-state index contributed by atoms with van der Waals surface area (Å²) in [7, 11) is 1.31. The van der Waals surface area contributed by atoms with Gasteiger partial charge in [0.2, 0.25) is 0 Å². The number of esters is 2. The number of ether oxygens (including phenoxy) is 2. The fourth-order valence-corrected chi connectivity index (χ4v) is 3.74. The molecule has 1 saturated carbocycles. The van der Waals surface area contributed by atoms with Crippen LogP contribution in [-0.4, -0.2) is 30.4 Å². The van der Waals surface area contributed by atoms with Crippen molar-refractivity contribution >= 4 is 17.7 Å². The van der Waals surface area contributed by atoms with Gasteiger partial charge in [0.1, 0.15) is 17.3 Å². The van der Waals surface area contributed by atoms with Gasteiger partial charge in [0.15, 0.2) is 0 Å². The number of ketones is 1. The van der Waals surface area contributed by atoms with Gasteiger partial charge in [-0.1, -0.05) is 37.3 Å². The Kier molecular flexibility index (Phi) is 6.21. The minimum Gasteiger partial charge on any atom is -0.469 e. The van der Waals surface area contributed by atoms with Gasteiger partial charge in [-0.25, -0.2) is 0 Å². The second-order valence-corrected chi connectivity index (χ2v) is 8.00. The van der Waals surface area contributed by atoms with Crippen LogP contribution in [0, 0.1) is 17.8 Å². The molecule has 1 aliphatic carbocycles. The summed E-state index contributed by atoms with van der Waals surface area (Å²) in [5.74, 6) is -2.57. The van der Waals surface area contributed by atoms with Crippen LogP contribution in [0.3, 0.4) is 0 Å².